The van der Waals surface area contributed by atoms with E-state index in [9.17, 15) is 4.39 Å². The van der Waals surface area contributed by atoms with E-state index < -0.39 is 0 Å². The molecular weight excluding hydrogens is 273 g/mol. The van der Waals surface area contributed by atoms with Crippen LogP contribution in [-0.2, 0) is 6.42 Å². The third-order valence-electron chi connectivity index (χ3n) is 3.62. The molecule has 20 heavy (non-hydrogen) atoms. The van der Waals surface area contributed by atoms with Crippen LogP contribution in [0.5, 0.6) is 0 Å². The highest BCUT2D eigenvalue weighted by atomic mass is 35.5. The molecule has 1 nitrogen and oxygen atoms in total. The van der Waals surface area contributed by atoms with Crippen molar-refractivity contribution in [2.45, 2.75) is 64.8 Å². The van der Waals surface area contributed by atoms with Gasteiger partial charge in [0.05, 0.1) is 0 Å². The van der Waals surface area contributed by atoms with Gasteiger partial charge >= 0.3 is 0 Å². The maximum Gasteiger partial charge on any atom is 0.123 e. The molecule has 0 radical (unpaired) electrons. The molecule has 1 atom stereocenters. The van der Waals surface area contributed by atoms with Gasteiger partial charge in [0.25, 0.3) is 0 Å². The van der Waals surface area contributed by atoms with Crippen LogP contribution >= 0.6 is 11.6 Å². The lowest BCUT2D eigenvalue weighted by Gasteiger charge is -2.18. The summed E-state index contributed by atoms with van der Waals surface area (Å²) in [5.41, 5.74) is 0.908. The van der Waals surface area contributed by atoms with Crippen molar-refractivity contribution in [2.24, 2.45) is 0 Å². The molecule has 0 aliphatic carbocycles. The largest absolute Gasteiger partial charge is 0.314 e. The van der Waals surface area contributed by atoms with Crippen LogP contribution in [0.3, 0.4) is 0 Å². The third-order valence-corrected chi connectivity index (χ3v) is 3.99. The topological polar surface area (TPSA) is 12.0 Å². The minimum Gasteiger partial charge on any atom is -0.314 e. The molecule has 1 aromatic rings. The van der Waals surface area contributed by atoms with Crippen LogP contribution in [0.4, 0.5) is 4.39 Å². The summed E-state index contributed by atoms with van der Waals surface area (Å²) < 4.78 is 13.3. The highest BCUT2D eigenvalue weighted by Gasteiger charge is 2.11. The summed E-state index contributed by atoms with van der Waals surface area (Å²) in [5.74, 6) is -0.206. The average molecular weight is 300 g/mol. The summed E-state index contributed by atoms with van der Waals surface area (Å²) in [7, 11) is 0. The standard InChI is InChI=1S/C17H27ClFN/c1-3-5-6-7-8-9-16(20-4-2)13-14-12-15(19)10-11-17(14)18/h10-12,16,20H,3-9,13H2,1-2H3. The molecule has 1 rings (SSSR count). The molecule has 114 valence electrons. The van der Waals surface area contributed by atoms with Crippen LogP contribution in [0.1, 0.15) is 57.9 Å². The molecule has 0 heterocycles. The summed E-state index contributed by atoms with van der Waals surface area (Å²) in [6.45, 7) is 5.28. The summed E-state index contributed by atoms with van der Waals surface area (Å²) in [6.07, 6.45) is 8.35. The number of halogens is 2. The number of hydrogen-bond acceptors (Lipinski definition) is 1. The van der Waals surface area contributed by atoms with Gasteiger partial charge in [-0.15, -0.1) is 0 Å². The maximum atomic E-state index is 13.3. The van der Waals surface area contributed by atoms with Crippen LogP contribution in [0.25, 0.3) is 0 Å². The van der Waals surface area contributed by atoms with Crippen molar-refractivity contribution in [1.82, 2.24) is 5.32 Å². The molecule has 3 heteroatoms. The Balaban J connectivity index is 2.47. The Labute approximate surface area is 127 Å². The van der Waals surface area contributed by atoms with Gasteiger partial charge in [-0.05, 0) is 43.1 Å². The lowest BCUT2D eigenvalue weighted by molar-refractivity contribution is 0.460. The van der Waals surface area contributed by atoms with Gasteiger partial charge in [0, 0.05) is 11.1 Å². The second kappa shape index (κ2) is 10.2. The van der Waals surface area contributed by atoms with Crippen LogP contribution in [-0.4, -0.2) is 12.6 Å². The molecule has 0 saturated carbocycles. The fourth-order valence-electron chi connectivity index (χ4n) is 2.52. The first-order chi connectivity index (χ1) is 9.67. The minimum atomic E-state index is -0.206. The fraction of sp³-hybridized carbons (Fsp3) is 0.647. The van der Waals surface area contributed by atoms with Gasteiger partial charge in [-0.25, -0.2) is 4.39 Å². The number of nitrogens with one attached hydrogen (secondary N) is 1. The van der Waals surface area contributed by atoms with E-state index in [1.54, 1.807) is 12.1 Å². The Morgan fingerprint density at radius 2 is 1.90 bits per heavy atom. The molecule has 0 aliphatic heterocycles. The molecule has 1 unspecified atom stereocenters. The van der Waals surface area contributed by atoms with Crippen molar-refractivity contribution >= 4 is 11.6 Å². The number of rotatable bonds is 10. The monoisotopic (exact) mass is 299 g/mol. The summed E-state index contributed by atoms with van der Waals surface area (Å²) in [6, 6.07) is 5.01. The molecular formula is C17H27ClFN. The first-order valence-corrected chi connectivity index (χ1v) is 8.22. The van der Waals surface area contributed by atoms with Crippen molar-refractivity contribution < 1.29 is 4.39 Å². The Morgan fingerprint density at radius 3 is 2.60 bits per heavy atom. The van der Waals surface area contributed by atoms with E-state index in [1.165, 1.54) is 38.2 Å². The van der Waals surface area contributed by atoms with Crippen LogP contribution < -0.4 is 5.32 Å². The predicted octanol–water partition coefficient (Wildman–Crippen LogP) is 5.36. The van der Waals surface area contributed by atoms with Gasteiger partial charge in [-0.2, -0.15) is 0 Å². The second-order valence-electron chi connectivity index (χ2n) is 5.40. The molecule has 0 spiro atoms. The SMILES string of the molecule is CCCCCCCC(Cc1cc(F)ccc1Cl)NCC. The fourth-order valence-corrected chi connectivity index (χ4v) is 2.72. The zero-order valence-corrected chi connectivity index (χ0v) is 13.5. The molecule has 0 aliphatic rings. The molecule has 1 N–H and O–H groups in total. The summed E-state index contributed by atoms with van der Waals surface area (Å²) in [4.78, 5) is 0. The lowest BCUT2D eigenvalue weighted by atomic mass is 9.99. The van der Waals surface area contributed by atoms with E-state index in [0.717, 1.165) is 24.9 Å². The molecule has 0 amide bonds. The Hall–Kier alpha value is -0.600. The van der Waals surface area contributed by atoms with Gasteiger partial charge in [0.1, 0.15) is 5.82 Å². The summed E-state index contributed by atoms with van der Waals surface area (Å²) >= 11 is 6.15. The van der Waals surface area contributed by atoms with E-state index in [-0.39, 0.29) is 5.82 Å². The first-order valence-electron chi connectivity index (χ1n) is 7.84. The highest BCUT2D eigenvalue weighted by molar-refractivity contribution is 6.31. The van der Waals surface area contributed by atoms with Crippen molar-refractivity contribution in [1.29, 1.82) is 0 Å². The maximum absolute atomic E-state index is 13.3. The van der Waals surface area contributed by atoms with Gasteiger partial charge in [-0.1, -0.05) is 57.6 Å². The average Bonchev–Trinajstić information content (AvgIpc) is 2.42. The first kappa shape index (κ1) is 17.5. The van der Waals surface area contributed by atoms with E-state index in [0.29, 0.717) is 11.1 Å². The summed E-state index contributed by atoms with van der Waals surface area (Å²) in [5, 5.41) is 4.15. The van der Waals surface area contributed by atoms with Crippen LogP contribution in [0.15, 0.2) is 18.2 Å². The number of unbranched alkanes of at least 4 members (excludes halogenated alkanes) is 4. The predicted molar refractivity (Wildman–Crippen MR) is 86.0 cm³/mol. The zero-order valence-electron chi connectivity index (χ0n) is 12.7. The van der Waals surface area contributed by atoms with Crippen molar-refractivity contribution in [3.8, 4) is 0 Å². The van der Waals surface area contributed by atoms with Gasteiger partial charge in [-0.3, -0.25) is 0 Å². The van der Waals surface area contributed by atoms with Gasteiger partial charge in [0.15, 0.2) is 0 Å². The zero-order chi connectivity index (χ0) is 14.8. The van der Waals surface area contributed by atoms with Gasteiger partial charge < -0.3 is 5.32 Å². The molecule has 0 saturated heterocycles. The molecule has 0 bridgehead atoms. The third kappa shape index (κ3) is 6.71. The number of likely N-dealkylation sites (N-methyl/N-ethyl adjacent to an activating group) is 1. The molecule has 0 fully saturated rings. The van der Waals surface area contributed by atoms with E-state index in [2.05, 4.69) is 19.2 Å². The smallest absolute Gasteiger partial charge is 0.123 e. The second-order valence-corrected chi connectivity index (χ2v) is 5.80. The Morgan fingerprint density at radius 1 is 1.15 bits per heavy atom. The van der Waals surface area contributed by atoms with Crippen molar-refractivity contribution in [2.75, 3.05) is 6.54 Å². The van der Waals surface area contributed by atoms with E-state index >= 15 is 0 Å². The Bertz CT molecular complexity index is 381. The minimum absolute atomic E-state index is 0.206. The normalized spacial score (nSPS) is 12.6. The van der Waals surface area contributed by atoms with Crippen molar-refractivity contribution in [3.63, 3.8) is 0 Å². The van der Waals surface area contributed by atoms with Gasteiger partial charge in [0.2, 0.25) is 0 Å². The number of benzene rings is 1. The quantitative estimate of drug-likeness (QED) is 0.573. The van der Waals surface area contributed by atoms with E-state index in [4.69, 9.17) is 11.6 Å². The number of hydrogen-bond donors (Lipinski definition) is 1. The molecule has 0 aromatic heterocycles. The van der Waals surface area contributed by atoms with Crippen LogP contribution in [0, 0.1) is 5.82 Å². The van der Waals surface area contributed by atoms with E-state index in [1.807, 2.05) is 0 Å². The Kier molecular flexibility index (Phi) is 8.88. The van der Waals surface area contributed by atoms with Crippen LogP contribution in [0.2, 0.25) is 5.02 Å². The molecule has 1 aromatic carbocycles. The highest BCUT2D eigenvalue weighted by Crippen LogP contribution is 2.20. The van der Waals surface area contributed by atoms with Crippen molar-refractivity contribution in [3.05, 3.63) is 34.6 Å². The lowest BCUT2D eigenvalue weighted by Crippen LogP contribution is -2.31.